The molecule has 1 rings (SSSR count). The van der Waals surface area contributed by atoms with Gasteiger partial charge in [-0.1, -0.05) is 51.4 Å². The fraction of sp³-hybridized carbons (Fsp3) is 0.810. The second-order valence-corrected chi connectivity index (χ2v) is 7.03. The Labute approximate surface area is 152 Å². The van der Waals surface area contributed by atoms with Gasteiger partial charge in [-0.2, -0.15) is 0 Å². The lowest BCUT2D eigenvalue weighted by molar-refractivity contribution is -0.140. The third-order valence-corrected chi connectivity index (χ3v) is 4.97. The first-order valence-electron chi connectivity index (χ1n) is 9.86. The van der Waals surface area contributed by atoms with E-state index < -0.39 is 6.10 Å². The minimum Gasteiger partial charge on any atom is -0.469 e. The standard InChI is InChI=1S/C21H34O4/c1-3-4-5-6-7-10-13-17-18(20(23)16-19(17)22)14-11-8-9-12-15-21(24)25-2/h17-19,22H,3-9,11-12,14-16H2,1-2H3. The summed E-state index contributed by atoms with van der Waals surface area (Å²) < 4.78 is 4.62. The Balaban J connectivity index is 2.30. The van der Waals surface area contributed by atoms with Crippen LogP contribution in [0.25, 0.3) is 0 Å². The molecule has 4 heteroatoms. The second-order valence-electron chi connectivity index (χ2n) is 7.03. The number of unbranched alkanes of at least 4 members (excludes halogenated alkanes) is 7. The summed E-state index contributed by atoms with van der Waals surface area (Å²) in [6, 6.07) is 0. The van der Waals surface area contributed by atoms with Crippen molar-refractivity contribution in [2.75, 3.05) is 7.11 Å². The van der Waals surface area contributed by atoms with E-state index in [4.69, 9.17) is 0 Å². The van der Waals surface area contributed by atoms with Crippen molar-refractivity contribution >= 4 is 11.8 Å². The van der Waals surface area contributed by atoms with Crippen LogP contribution in [0.5, 0.6) is 0 Å². The van der Waals surface area contributed by atoms with Crippen molar-refractivity contribution in [2.24, 2.45) is 11.8 Å². The zero-order chi connectivity index (χ0) is 18.5. The van der Waals surface area contributed by atoms with Gasteiger partial charge in [0.1, 0.15) is 5.78 Å². The van der Waals surface area contributed by atoms with E-state index in [-0.39, 0.29) is 30.0 Å². The van der Waals surface area contributed by atoms with E-state index in [9.17, 15) is 14.7 Å². The Morgan fingerprint density at radius 3 is 2.60 bits per heavy atom. The molecule has 0 amide bonds. The minimum atomic E-state index is -0.597. The molecule has 0 bridgehead atoms. The van der Waals surface area contributed by atoms with Crippen LogP contribution in [0.1, 0.15) is 84.0 Å². The van der Waals surface area contributed by atoms with Crippen molar-refractivity contribution in [1.29, 1.82) is 0 Å². The van der Waals surface area contributed by atoms with Gasteiger partial charge in [-0.05, 0) is 19.3 Å². The molecule has 0 saturated heterocycles. The van der Waals surface area contributed by atoms with Gasteiger partial charge in [0.25, 0.3) is 0 Å². The molecule has 3 unspecified atom stereocenters. The van der Waals surface area contributed by atoms with Crippen molar-refractivity contribution in [3.63, 3.8) is 0 Å². The molecule has 1 saturated carbocycles. The number of carbonyl (C=O) groups is 2. The molecule has 1 aliphatic rings. The average Bonchev–Trinajstić information content (AvgIpc) is 2.87. The summed E-state index contributed by atoms with van der Waals surface area (Å²) in [7, 11) is 1.41. The molecule has 0 aromatic rings. The van der Waals surface area contributed by atoms with Crippen LogP contribution in [0.3, 0.4) is 0 Å². The van der Waals surface area contributed by atoms with Crippen molar-refractivity contribution in [3.8, 4) is 11.8 Å². The highest BCUT2D eigenvalue weighted by molar-refractivity contribution is 5.84. The largest absolute Gasteiger partial charge is 0.469 e. The number of carbonyl (C=O) groups excluding carboxylic acids is 2. The summed E-state index contributed by atoms with van der Waals surface area (Å²) in [6.07, 6.45) is 10.3. The van der Waals surface area contributed by atoms with E-state index >= 15 is 0 Å². The van der Waals surface area contributed by atoms with Crippen molar-refractivity contribution in [3.05, 3.63) is 0 Å². The fourth-order valence-corrected chi connectivity index (χ4v) is 3.41. The third-order valence-electron chi connectivity index (χ3n) is 4.97. The van der Waals surface area contributed by atoms with Gasteiger partial charge in [0, 0.05) is 25.2 Å². The van der Waals surface area contributed by atoms with Crippen LogP contribution in [-0.2, 0) is 14.3 Å². The Hall–Kier alpha value is -1.34. The number of aliphatic hydroxyl groups is 1. The summed E-state index contributed by atoms with van der Waals surface area (Å²) in [5.41, 5.74) is 0. The first kappa shape index (κ1) is 21.7. The van der Waals surface area contributed by atoms with Gasteiger partial charge in [0.15, 0.2) is 0 Å². The number of rotatable bonds is 11. The molecule has 142 valence electrons. The summed E-state index contributed by atoms with van der Waals surface area (Å²) in [6.45, 7) is 2.19. The SMILES string of the molecule is CCCCCCC#CC1C(O)CC(=O)C1CCCCCCC(=O)OC. The Kier molecular flexibility index (Phi) is 11.2. The molecule has 0 radical (unpaired) electrons. The Bertz CT molecular complexity index is 460. The van der Waals surface area contributed by atoms with E-state index in [1.54, 1.807) is 0 Å². The topological polar surface area (TPSA) is 63.6 Å². The predicted octanol–water partition coefficient (Wildman–Crippen LogP) is 4.04. The summed E-state index contributed by atoms with van der Waals surface area (Å²) in [5, 5.41) is 10.1. The average molecular weight is 350 g/mol. The van der Waals surface area contributed by atoms with E-state index in [0.717, 1.165) is 44.9 Å². The highest BCUT2D eigenvalue weighted by Gasteiger charge is 2.39. The molecule has 0 spiro atoms. The molecule has 1 fully saturated rings. The fourth-order valence-electron chi connectivity index (χ4n) is 3.41. The molecule has 4 nitrogen and oxygen atoms in total. The number of methoxy groups -OCH3 is 1. The van der Waals surface area contributed by atoms with Crippen molar-refractivity contribution < 1.29 is 19.4 Å². The predicted molar refractivity (Wildman–Crippen MR) is 98.9 cm³/mol. The van der Waals surface area contributed by atoms with Crippen LogP contribution in [0.15, 0.2) is 0 Å². The van der Waals surface area contributed by atoms with Crippen LogP contribution in [0, 0.1) is 23.7 Å². The quantitative estimate of drug-likeness (QED) is 0.347. The van der Waals surface area contributed by atoms with Crippen LogP contribution in [0.2, 0.25) is 0 Å². The zero-order valence-corrected chi connectivity index (χ0v) is 15.9. The normalized spacial score (nSPS) is 22.5. The summed E-state index contributed by atoms with van der Waals surface area (Å²) >= 11 is 0. The maximum absolute atomic E-state index is 12.1. The van der Waals surface area contributed by atoms with E-state index in [1.807, 2.05) is 0 Å². The molecular formula is C21H34O4. The van der Waals surface area contributed by atoms with E-state index in [0.29, 0.717) is 6.42 Å². The highest BCUT2D eigenvalue weighted by atomic mass is 16.5. The smallest absolute Gasteiger partial charge is 0.305 e. The molecule has 0 aromatic heterocycles. The molecule has 25 heavy (non-hydrogen) atoms. The number of aliphatic hydroxyl groups excluding tert-OH is 1. The van der Waals surface area contributed by atoms with Gasteiger partial charge in [0.2, 0.25) is 0 Å². The molecule has 0 heterocycles. The van der Waals surface area contributed by atoms with Crippen molar-refractivity contribution in [2.45, 2.75) is 90.1 Å². The number of Topliss-reactive ketones (excluding diaryl/α,β-unsaturated/α-hetero) is 1. The maximum Gasteiger partial charge on any atom is 0.305 e. The molecule has 0 aromatic carbocycles. The summed E-state index contributed by atoms with van der Waals surface area (Å²) in [5.74, 6) is 6.06. The first-order chi connectivity index (χ1) is 12.1. The number of ketones is 1. The van der Waals surface area contributed by atoms with Gasteiger partial charge >= 0.3 is 5.97 Å². The summed E-state index contributed by atoms with van der Waals surface area (Å²) in [4.78, 5) is 23.2. The molecule has 1 N–H and O–H groups in total. The lowest BCUT2D eigenvalue weighted by atomic mass is 9.89. The molecule has 1 aliphatic carbocycles. The zero-order valence-electron chi connectivity index (χ0n) is 15.9. The lowest BCUT2D eigenvalue weighted by Crippen LogP contribution is -2.19. The monoisotopic (exact) mass is 350 g/mol. The number of hydrogen-bond acceptors (Lipinski definition) is 4. The van der Waals surface area contributed by atoms with Crippen molar-refractivity contribution in [1.82, 2.24) is 0 Å². The molecule has 3 atom stereocenters. The second kappa shape index (κ2) is 12.9. The minimum absolute atomic E-state index is 0.112. The Morgan fingerprint density at radius 1 is 1.16 bits per heavy atom. The molecule has 0 aliphatic heterocycles. The van der Waals surface area contributed by atoms with E-state index in [2.05, 4.69) is 23.5 Å². The Morgan fingerprint density at radius 2 is 1.88 bits per heavy atom. The van der Waals surface area contributed by atoms with E-state index in [1.165, 1.54) is 26.4 Å². The third kappa shape index (κ3) is 8.54. The number of hydrogen-bond donors (Lipinski definition) is 1. The highest BCUT2D eigenvalue weighted by Crippen LogP contribution is 2.33. The molecular weight excluding hydrogens is 316 g/mol. The van der Waals surface area contributed by atoms with Crippen LogP contribution in [-0.4, -0.2) is 30.1 Å². The van der Waals surface area contributed by atoms with Gasteiger partial charge in [-0.15, -0.1) is 5.92 Å². The number of esters is 1. The first-order valence-corrected chi connectivity index (χ1v) is 9.86. The maximum atomic E-state index is 12.1. The van der Waals surface area contributed by atoms with Crippen LogP contribution in [0.4, 0.5) is 0 Å². The van der Waals surface area contributed by atoms with Gasteiger partial charge in [0.05, 0.1) is 19.1 Å². The van der Waals surface area contributed by atoms with Gasteiger partial charge in [-0.25, -0.2) is 0 Å². The van der Waals surface area contributed by atoms with Gasteiger partial charge in [-0.3, -0.25) is 9.59 Å². The number of ether oxygens (including phenoxy) is 1. The van der Waals surface area contributed by atoms with Gasteiger partial charge < -0.3 is 9.84 Å². The van der Waals surface area contributed by atoms with Crippen LogP contribution >= 0.6 is 0 Å². The van der Waals surface area contributed by atoms with Crippen LogP contribution < -0.4 is 0 Å². The lowest BCUT2D eigenvalue weighted by Gasteiger charge is -2.15.